The Morgan fingerprint density at radius 2 is 2.29 bits per heavy atom. The first kappa shape index (κ1) is 19.2. The summed E-state index contributed by atoms with van der Waals surface area (Å²) < 4.78 is 46.8. The van der Waals surface area contributed by atoms with Crippen molar-refractivity contribution in [1.29, 1.82) is 0 Å². The quantitative estimate of drug-likeness (QED) is 0.678. The van der Waals surface area contributed by atoms with Gasteiger partial charge in [-0.3, -0.25) is 4.79 Å². The second kappa shape index (κ2) is 7.34. The Bertz CT molecular complexity index is 1010. The SMILES string of the molecule is O=C(NC[C@H]1CCCO1)c1nn2c(C(F)(F)F)cc(-c3cccs3)nc2c1Cl. The molecule has 4 heterocycles. The highest BCUT2D eigenvalue weighted by molar-refractivity contribution is 7.13. The molecule has 1 N–H and O–H groups in total. The molecule has 4 rings (SSSR count). The number of halogens is 4. The Hall–Kier alpha value is -2.17. The molecule has 148 valence electrons. The van der Waals surface area contributed by atoms with Gasteiger partial charge in [-0.15, -0.1) is 11.3 Å². The molecule has 0 bridgehead atoms. The Morgan fingerprint density at radius 1 is 1.46 bits per heavy atom. The van der Waals surface area contributed by atoms with E-state index in [2.05, 4.69) is 15.4 Å². The Kier molecular flexibility index (Phi) is 5.02. The van der Waals surface area contributed by atoms with Crippen LogP contribution < -0.4 is 5.32 Å². The zero-order chi connectivity index (χ0) is 19.9. The fraction of sp³-hybridized carbons (Fsp3) is 0.353. The third kappa shape index (κ3) is 3.59. The molecule has 0 radical (unpaired) electrons. The molecule has 1 amide bonds. The van der Waals surface area contributed by atoms with Gasteiger partial charge in [0.25, 0.3) is 5.91 Å². The summed E-state index contributed by atoms with van der Waals surface area (Å²) in [5.41, 5.74) is -1.47. The van der Waals surface area contributed by atoms with E-state index in [9.17, 15) is 18.0 Å². The van der Waals surface area contributed by atoms with E-state index in [4.69, 9.17) is 16.3 Å². The Labute approximate surface area is 166 Å². The number of alkyl halides is 3. The number of ether oxygens (including phenoxy) is 1. The summed E-state index contributed by atoms with van der Waals surface area (Å²) >= 11 is 7.45. The van der Waals surface area contributed by atoms with Crippen molar-refractivity contribution in [3.8, 4) is 10.6 Å². The molecule has 3 aromatic rings. The number of hydrogen-bond acceptors (Lipinski definition) is 5. The third-order valence-electron chi connectivity index (χ3n) is 4.33. The molecule has 28 heavy (non-hydrogen) atoms. The minimum atomic E-state index is -4.70. The number of aromatic nitrogens is 3. The van der Waals surface area contributed by atoms with Gasteiger partial charge in [-0.25, -0.2) is 9.50 Å². The molecule has 0 saturated carbocycles. The van der Waals surface area contributed by atoms with Crippen LogP contribution in [0.15, 0.2) is 23.6 Å². The smallest absolute Gasteiger partial charge is 0.376 e. The summed E-state index contributed by atoms with van der Waals surface area (Å²) in [7, 11) is 0. The average Bonchev–Trinajstić information content (AvgIpc) is 3.40. The molecule has 0 unspecified atom stereocenters. The van der Waals surface area contributed by atoms with Crippen LogP contribution in [0, 0.1) is 0 Å². The summed E-state index contributed by atoms with van der Waals surface area (Å²) in [5, 5.41) is 7.92. The fourth-order valence-electron chi connectivity index (χ4n) is 2.98. The number of nitrogens with one attached hydrogen (secondary N) is 1. The van der Waals surface area contributed by atoms with E-state index in [0.29, 0.717) is 16.0 Å². The van der Waals surface area contributed by atoms with Crippen LogP contribution in [0.1, 0.15) is 29.0 Å². The maximum Gasteiger partial charge on any atom is 0.433 e. The van der Waals surface area contributed by atoms with Crippen molar-refractivity contribution in [3.63, 3.8) is 0 Å². The van der Waals surface area contributed by atoms with Crippen molar-refractivity contribution < 1.29 is 22.7 Å². The van der Waals surface area contributed by atoms with Crippen molar-refractivity contribution in [1.82, 2.24) is 19.9 Å². The molecule has 3 aromatic heterocycles. The van der Waals surface area contributed by atoms with Crippen LogP contribution in [0.25, 0.3) is 16.2 Å². The third-order valence-corrected chi connectivity index (χ3v) is 5.57. The van der Waals surface area contributed by atoms with Gasteiger partial charge >= 0.3 is 6.18 Å². The number of rotatable bonds is 4. The molecule has 0 aliphatic carbocycles. The van der Waals surface area contributed by atoms with Gasteiger partial charge in [-0.05, 0) is 30.4 Å². The number of amides is 1. The lowest BCUT2D eigenvalue weighted by Gasteiger charge is -2.10. The van der Waals surface area contributed by atoms with E-state index in [0.717, 1.165) is 18.9 Å². The zero-order valence-electron chi connectivity index (χ0n) is 14.3. The monoisotopic (exact) mass is 430 g/mol. The van der Waals surface area contributed by atoms with Crippen LogP contribution in [0.2, 0.25) is 5.02 Å². The van der Waals surface area contributed by atoms with Gasteiger partial charge in [0.1, 0.15) is 5.02 Å². The van der Waals surface area contributed by atoms with Crippen LogP contribution >= 0.6 is 22.9 Å². The van der Waals surface area contributed by atoms with E-state index in [1.54, 1.807) is 17.5 Å². The molecule has 11 heteroatoms. The first-order valence-electron chi connectivity index (χ1n) is 8.45. The largest absolute Gasteiger partial charge is 0.433 e. The van der Waals surface area contributed by atoms with E-state index < -0.39 is 17.8 Å². The van der Waals surface area contributed by atoms with Crippen molar-refractivity contribution in [2.45, 2.75) is 25.1 Å². The van der Waals surface area contributed by atoms with E-state index in [-0.39, 0.29) is 34.7 Å². The maximum absolute atomic E-state index is 13.6. The average molecular weight is 431 g/mol. The highest BCUT2D eigenvalue weighted by Crippen LogP contribution is 2.35. The van der Waals surface area contributed by atoms with Crippen LogP contribution in [-0.4, -0.2) is 39.8 Å². The van der Waals surface area contributed by atoms with Crippen molar-refractivity contribution >= 4 is 34.5 Å². The molecule has 1 aliphatic rings. The molecule has 0 spiro atoms. The van der Waals surface area contributed by atoms with Gasteiger partial charge in [0, 0.05) is 13.2 Å². The van der Waals surface area contributed by atoms with Crippen LogP contribution in [0.5, 0.6) is 0 Å². The number of thiophene rings is 1. The first-order chi connectivity index (χ1) is 13.3. The summed E-state index contributed by atoms with van der Waals surface area (Å²) in [6.07, 6.45) is -3.11. The second-order valence-electron chi connectivity index (χ2n) is 6.24. The number of hydrogen-bond donors (Lipinski definition) is 1. The fourth-order valence-corrected chi connectivity index (χ4v) is 3.92. The lowest BCUT2D eigenvalue weighted by molar-refractivity contribution is -0.142. The standard InChI is InChI=1S/C17H14ClF3N4O2S/c18-13-14(16(26)22-8-9-3-1-5-27-9)24-25-12(17(19,20)21)7-10(23-15(13)25)11-4-2-6-28-11/h2,4,6-7,9H,1,3,5,8H2,(H,22,26)/t9-/m1/s1. The molecule has 0 aromatic carbocycles. The van der Waals surface area contributed by atoms with Crippen LogP contribution in [-0.2, 0) is 10.9 Å². The van der Waals surface area contributed by atoms with Gasteiger partial charge in [0.05, 0.1) is 16.7 Å². The zero-order valence-corrected chi connectivity index (χ0v) is 15.9. The van der Waals surface area contributed by atoms with Crippen LogP contribution in [0.4, 0.5) is 13.2 Å². The minimum absolute atomic E-state index is 0.114. The lowest BCUT2D eigenvalue weighted by Crippen LogP contribution is -2.32. The summed E-state index contributed by atoms with van der Waals surface area (Å²) in [6.45, 7) is 0.864. The van der Waals surface area contributed by atoms with E-state index in [1.165, 1.54) is 11.3 Å². The van der Waals surface area contributed by atoms with Crippen LogP contribution in [0.3, 0.4) is 0 Å². The van der Waals surface area contributed by atoms with Gasteiger partial charge in [-0.2, -0.15) is 18.3 Å². The molecule has 6 nitrogen and oxygen atoms in total. The lowest BCUT2D eigenvalue weighted by atomic mass is 10.2. The predicted molar refractivity (Wildman–Crippen MR) is 97.6 cm³/mol. The highest BCUT2D eigenvalue weighted by atomic mass is 35.5. The summed E-state index contributed by atoms with van der Waals surface area (Å²) in [5.74, 6) is -0.670. The van der Waals surface area contributed by atoms with Crippen molar-refractivity contribution in [2.24, 2.45) is 0 Å². The van der Waals surface area contributed by atoms with Gasteiger partial charge in [-0.1, -0.05) is 17.7 Å². The number of carbonyl (C=O) groups excluding carboxylic acids is 1. The molecule has 1 aliphatic heterocycles. The topological polar surface area (TPSA) is 68.5 Å². The molecular weight excluding hydrogens is 417 g/mol. The molecule has 1 atom stereocenters. The Morgan fingerprint density at radius 3 is 2.93 bits per heavy atom. The second-order valence-corrected chi connectivity index (χ2v) is 7.57. The normalized spacial score (nSPS) is 17.4. The molecule has 1 saturated heterocycles. The summed E-state index contributed by atoms with van der Waals surface area (Å²) in [6, 6.07) is 4.26. The van der Waals surface area contributed by atoms with Crippen molar-refractivity contribution in [2.75, 3.05) is 13.2 Å². The number of nitrogens with zero attached hydrogens (tertiary/aromatic N) is 3. The predicted octanol–water partition coefficient (Wildman–Crippen LogP) is 4.04. The van der Waals surface area contributed by atoms with Gasteiger partial charge in [0.15, 0.2) is 17.0 Å². The maximum atomic E-state index is 13.6. The molecular formula is C17H14ClF3N4O2S. The molecule has 1 fully saturated rings. The van der Waals surface area contributed by atoms with Gasteiger partial charge < -0.3 is 10.1 Å². The van der Waals surface area contributed by atoms with Gasteiger partial charge in [0.2, 0.25) is 0 Å². The Balaban J connectivity index is 1.75. The van der Waals surface area contributed by atoms with Crippen molar-refractivity contribution in [3.05, 3.63) is 40.0 Å². The van der Waals surface area contributed by atoms with E-state index in [1.807, 2.05) is 0 Å². The summed E-state index contributed by atoms with van der Waals surface area (Å²) in [4.78, 5) is 17.2. The first-order valence-corrected chi connectivity index (χ1v) is 9.70. The number of carbonyl (C=O) groups is 1. The number of fused-ring (bicyclic) bond motifs is 1. The minimum Gasteiger partial charge on any atom is -0.376 e. The highest BCUT2D eigenvalue weighted by Gasteiger charge is 2.37. The van der Waals surface area contributed by atoms with E-state index >= 15 is 0 Å².